The van der Waals surface area contributed by atoms with Crippen LogP contribution in [0.1, 0.15) is 5.76 Å². The molecule has 0 aliphatic heterocycles. The predicted octanol–water partition coefficient (Wildman–Crippen LogP) is 4.01. The Balaban J connectivity index is 2.21. The van der Waals surface area contributed by atoms with Crippen LogP contribution in [0, 0.1) is 6.07 Å². The lowest BCUT2D eigenvalue weighted by molar-refractivity contribution is 0.552. The number of hydrogen-bond donors (Lipinski definition) is 1. The summed E-state index contributed by atoms with van der Waals surface area (Å²) in [5.74, 6) is 0.741. The van der Waals surface area contributed by atoms with Gasteiger partial charge in [-0.2, -0.15) is 0 Å². The van der Waals surface area contributed by atoms with E-state index in [1.165, 1.54) is 0 Å². The van der Waals surface area contributed by atoms with Crippen LogP contribution in [0.5, 0.6) is 0 Å². The highest BCUT2D eigenvalue weighted by atomic mass is 35.5. The van der Waals surface area contributed by atoms with Crippen molar-refractivity contribution in [3.8, 4) is 11.1 Å². The van der Waals surface area contributed by atoms with Crippen LogP contribution in [0.2, 0.25) is 5.02 Å². The largest absolute Gasteiger partial charge is 0.458 e. The van der Waals surface area contributed by atoms with Crippen LogP contribution in [-0.4, -0.2) is 0 Å². The SMILES string of the molecule is NCc1cc2cc(-c3cc[c]cc3)cc(Cl)c2o1. The van der Waals surface area contributed by atoms with Crippen molar-refractivity contribution in [2.45, 2.75) is 6.54 Å². The van der Waals surface area contributed by atoms with Gasteiger partial charge < -0.3 is 10.2 Å². The molecule has 3 heteroatoms. The summed E-state index contributed by atoms with van der Waals surface area (Å²) in [6, 6.07) is 16.7. The quantitative estimate of drug-likeness (QED) is 0.752. The maximum atomic E-state index is 6.24. The normalized spacial score (nSPS) is 11.0. The minimum absolute atomic E-state index is 0.376. The lowest BCUT2D eigenvalue weighted by Crippen LogP contribution is -1.92. The Morgan fingerprint density at radius 2 is 1.89 bits per heavy atom. The van der Waals surface area contributed by atoms with E-state index in [1.54, 1.807) is 0 Å². The highest BCUT2D eigenvalue weighted by molar-refractivity contribution is 6.35. The van der Waals surface area contributed by atoms with Crippen molar-refractivity contribution >= 4 is 22.6 Å². The van der Waals surface area contributed by atoms with E-state index in [9.17, 15) is 0 Å². The molecule has 89 valence electrons. The second-order valence-electron chi connectivity index (χ2n) is 4.08. The van der Waals surface area contributed by atoms with Gasteiger partial charge in [-0.05, 0) is 35.4 Å². The van der Waals surface area contributed by atoms with Gasteiger partial charge in [0.15, 0.2) is 5.58 Å². The van der Waals surface area contributed by atoms with Crippen molar-refractivity contribution < 1.29 is 4.42 Å². The van der Waals surface area contributed by atoms with Crippen molar-refractivity contribution in [2.75, 3.05) is 0 Å². The average Bonchev–Trinajstić information content (AvgIpc) is 2.83. The summed E-state index contributed by atoms with van der Waals surface area (Å²) < 4.78 is 5.58. The summed E-state index contributed by atoms with van der Waals surface area (Å²) >= 11 is 6.24. The zero-order valence-electron chi connectivity index (χ0n) is 9.61. The summed E-state index contributed by atoms with van der Waals surface area (Å²) in [5.41, 5.74) is 8.44. The van der Waals surface area contributed by atoms with E-state index in [1.807, 2.05) is 36.4 Å². The Morgan fingerprint density at radius 1 is 1.11 bits per heavy atom. The van der Waals surface area contributed by atoms with E-state index in [0.717, 1.165) is 22.3 Å². The number of nitrogens with two attached hydrogens (primary N) is 1. The third kappa shape index (κ3) is 1.90. The topological polar surface area (TPSA) is 39.2 Å². The first-order valence-corrected chi connectivity index (χ1v) is 6.04. The van der Waals surface area contributed by atoms with Crippen LogP contribution in [0.25, 0.3) is 22.1 Å². The van der Waals surface area contributed by atoms with Crippen LogP contribution in [0.3, 0.4) is 0 Å². The molecular weight excluding hydrogens is 246 g/mol. The van der Waals surface area contributed by atoms with Crippen molar-refractivity contribution in [2.24, 2.45) is 5.73 Å². The number of fused-ring (bicyclic) bond motifs is 1. The standard InChI is InChI=1S/C15H11ClNO/c16-14-8-11(10-4-2-1-3-5-10)6-12-7-13(9-17)18-15(12)14/h2-8H,9,17H2. The second kappa shape index (κ2) is 4.48. The lowest BCUT2D eigenvalue weighted by atomic mass is 10.0. The molecule has 2 N–H and O–H groups in total. The van der Waals surface area contributed by atoms with Crippen molar-refractivity contribution in [3.05, 3.63) is 59.3 Å². The summed E-state index contributed by atoms with van der Waals surface area (Å²) in [7, 11) is 0. The molecule has 0 spiro atoms. The molecule has 1 aromatic heterocycles. The third-order valence-electron chi connectivity index (χ3n) is 2.87. The van der Waals surface area contributed by atoms with E-state index in [4.69, 9.17) is 21.8 Å². The molecule has 0 fully saturated rings. The van der Waals surface area contributed by atoms with Gasteiger partial charge in [-0.3, -0.25) is 0 Å². The van der Waals surface area contributed by atoms with Gasteiger partial charge in [-0.25, -0.2) is 0 Å². The maximum Gasteiger partial charge on any atom is 0.152 e. The summed E-state index contributed by atoms with van der Waals surface area (Å²) in [6.45, 7) is 0.376. The van der Waals surface area contributed by atoms with E-state index >= 15 is 0 Å². The number of hydrogen-bond acceptors (Lipinski definition) is 2. The fourth-order valence-corrected chi connectivity index (χ4v) is 2.28. The van der Waals surface area contributed by atoms with Crippen LogP contribution < -0.4 is 5.73 Å². The number of benzene rings is 2. The van der Waals surface area contributed by atoms with Gasteiger partial charge in [0.1, 0.15) is 5.76 Å². The van der Waals surface area contributed by atoms with Crippen LogP contribution >= 0.6 is 11.6 Å². The Kier molecular flexibility index (Phi) is 2.82. The molecular formula is C15H11ClNO. The molecule has 0 amide bonds. The van der Waals surface area contributed by atoms with Gasteiger partial charge in [0.05, 0.1) is 11.6 Å². The first kappa shape index (κ1) is 11.3. The van der Waals surface area contributed by atoms with E-state index in [-0.39, 0.29) is 0 Å². The molecule has 3 aromatic rings. The Bertz CT molecular complexity index is 688. The second-order valence-corrected chi connectivity index (χ2v) is 4.49. The first-order valence-electron chi connectivity index (χ1n) is 5.66. The van der Waals surface area contributed by atoms with Crippen molar-refractivity contribution in [3.63, 3.8) is 0 Å². The third-order valence-corrected chi connectivity index (χ3v) is 3.16. The summed E-state index contributed by atoms with van der Waals surface area (Å²) in [5, 5.41) is 1.58. The molecule has 2 aromatic carbocycles. The van der Waals surface area contributed by atoms with Crippen LogP contribution in [0.4, 0.5) is 0 Å². The van der Waals surface area contributed by atoms with Gasteiger partial charge >= 0.3 is 0 Å². The molecule has 18 heavy (non-hydrogen) atoms. The maximum absolute atomic E-state index is 6.24. The molecule has 0 saturated carbocycles. The zero-order valence-corrected chi connectivity index (χ0v) is 10.4. The first-order chi connectivity index (χ1) is 8.78. The number of furan rings is 1. The molecule has 2 nitrogen and oxygen atoms in total. The van der Waals surface area contributed by atoms with Crippen molar-refractivity contribution in [1.82, 2.24) is 0 Å². The molecule has 1 radical (unpaired) electrons. The molecule has 3 rings (SSSR count). The smallest absolute Gasteiger partial charge is 0.152 e. The van der Waals surface area contributed by atoms with Gasteiger partial charge in [0.2, 0.25) is 0 Å². The molecule has 0 unspecified atom stereocenters. The van der Waals surface area contributed by atoms with Crippen LogP contribution in [-0.2, 0) is 6.54 Å². The van der Waals surface area contributed by atoms with E-state index in [0.29, 0.717) is 17.2 Å². The van der Waals surface area contributed by atoms with E-state index < -0.39 is 0 Å². The van der Waals surface area contributed by atoms with E-state index in [2.05, 4.69) is 12.1 Å². The van der Waals surface area contributed by atoms with Gasteiger partial charge in [0, 0.05) is 5.39 Å². The predicted molar refractivity (Wildman–Crippen MR) is 73.4 cm³/mol. The van der Waals surface area contributed by atoms with Crippen molar-refractivity contribution in [1.29, 1.82) is 0 Å². The number of halogens is 1. The summed E-state index contributed by atoms with van der Waals surface area (Å²) in [4.78, 5) is 0. The lowest BCUT2D eigenvalue weighted by Gasteiger charge is -2.02. The molecule has 0 bridgehead atoms. The number of rotatable bonds is 2. The fourth-order valence-electron chi connectivity index (χ4n) is 2.01. The highest BCUT2D eigenvalue weighted by Crippen LogP contribution is 2.32. The zero-order chi connectivity index (χ0) is 12.5. The monoisotopic (exact) mass is 256 g/mol. The minimum atomic E-state index is 0.376. The molecule has 1 heterocycles. The molecule has 0 saturated heterocycles. The Hall–Kier alpha value is -1.77. The molecule has 0 aliphatic carbocycles. The highest BCUT2D eigenvalue weighted by Gasteiger charge is 2.09. The molecule has 0 atom stereocenters. The molecule has 0 aliphatic rings. The average molecular weight is 257 g/mol. The fraction of sp³-hybridized carbons (Fsp3) is 0.0667. The van der Waals surface area contributed by atoms with Crippen LogP contribution in [0.15, 0.2) is 46.9 Å². The van der Waals surface area contributed by atoms with Gasteiger partial charge in [-0.1, -0.05) is 35.9 Å². The van der Waals surface area contributed by atoms with Gasteiger partial charge in [0.25, 0.3) is 0 Å². The van der Waals surface area contributed by atoms with Gasteiger partial charge in [-0.15, -0.1) is 0 Å². The Morgan fingerprint density at radius 3 is 2.61 bits per heavy atom. The summed E-state index contributed by atoms with van der Waals surface area (Å²) in [6.07, 6.45) is 0. The Labute approximate surface area is 110 Å². The minimum Gasteiger partial charge on any atom is -0.458 e.